The summed E-state index contributed by atoms with van der Waals surface area (Å²) in [6.07, 6.45) is 7.19. The SMILES string of the molecule is C[C@H]1CCCCN1C1CN(C(=O)c2cccc(-n3cnnc3)c2)C1. The molecule has 24 heavy (non-hydrogen) atoms. The molecule has 1 atom stereocenters. The van der Waals surface area contributed by atoms with Crippen molar-refractivity contribution in [1.82, 2.24) is 24.6 Å². The third-order valence-corrected chi connectivity index (χ3v) is 5.28. The van der Waals surface area contributed by atoms with E-state index in [4.69, 9.17) is 0 Å². The molecule has 0 radical (unpaired) electrons. The van der Waals surface area contributed by atoms with Gasteiger partial charge in [-0.25, -0.2) is 0 Å². The van der Waals surface area contributed by atoms with Gasteiger partial charge in [-0.3, -0.25) is 14.3 Å². The van der Waals surface area contributed by atoms with Crippen molar-refractivity contribution in [3.05, 3.63) is 42.5 Å². The monoisotopic (exact) mass is 325 g/mol. The Kier molecular flexibility index (Phi) is 4.06. The van der Waals surface area contributed by atoms with Crippen LogP contribution < -0.4 is 0 Å². The van der Waals surface area contributed by atoms with Gasteiger partial charge in [0.15, 0.2) is 0 Å². The van der Waals surface area contributed by atoms with E-state index in [0.29, 0.717) is 12.1 Å². The molecule has 6 heteroatoms. The lowest BCUT2D eigenvalue weighted by Crippen LogP contribution is -2.63. The van der Waals surface area contributed by atoms with Crippen molar-refractivity contribution in [2.45, 2.75) is 38.3 Å². The van der Waals surface area contributed by atoms with Crippen molar-refractivity contribution in [3.63, 3.8) is 0 Å². The summed E-state index contributed by atoms with van der Waals surface area (Å²) in [5.41, 5.74) is 1.64. The standard InChI is InChI=1S/C18H23N5O/c1-14-5-2-3-8-23(14)17-10-21(11-17)18(24)15-6-4-7-16(9-15)22-12-19-20-13-22/h4,6-7,9,12-14,17H,2-3,5,8,10-11H2,1H3/t14-/m0/s1. The molecule has 0 spiro atoms. The quantitative estimate of drug-likeness (QED) is 0.866. The predicted molar refractivity (Wildman–Crippen MR) is 91.1 cm³/mol. The molecule has 4 rings (SSSR count). The molecule has 0 saturated carbocycles. The summed E-state index contributed by atoms with van der Waals surface area (Å²) in [7, 11) is 0. The van der Waals surface area contributed by atoms with Gasteiger partial charge in [0.05, 0.1) is 0 Å². The van der Waals surface area contributed by atoms with Gasteiger partial charge in [-0.1, -0.05) is 12.5 Å². The van der Waals surface area contributed by atoms with E-state index in [1.165, 1.54) is 25.8 Å². The second-order valence-corrected chi connectivity index (χ2v) is 6.87. The Morgan fingerprint density at radius 2 is 1.96 bits per heavy atom. The first-order valence-electron chi connectivity index (χ1n) is 8.72. The molecule has 0 N–H and O–H groups in total. The second kappa shape index (κ2) is 6.36. The van der Waals surface area contributed by atoms with Gasteiger partial charge in [0.25, 0.3) is 5.91 Å². The number of piperidine rings is 1. The highest BCUT2D eigenvalue weighted by Gasteiger charge is 2.37. The van der Waals surface area contributed by atoms with E-state index in [1.807, 2.05) is 33.7 Å². The van der Waals surface area contributed by atoms with E-state index in [1.54, 1.807) is 12.7 Å². The van der Waals surface area contributed by atoms with Gasteiger partial charge in [0.1, 0.15) is 12.7 Å². The summed E-state index contributed by atoms with van der Waals surface area (Å²) in [4.78, 5) is 17.3. The number of carbonyl (C=O) groups is 1. The molecule has 1 amide bonds. The molecule has 6 nitrogen and oxygen atoms in total. The molecule has 3 heterocycles. The fourth-order valence-corrected chi connectivity index (χ4v) is 3.81. The number of carbonyl (C=O) groups excluding carboxylic acids is 1. The van der Waals surface area contributed by atoms with Gasteiger partial charge in [-0.15, -0.1) is 10.2 Å². The molecule has 0 bridgehead atoms. The minimum absolute atomic E-state index is 0.117. The Balaban J connectivity index is 1.42. The molecule has 0 unspecified atom stereocenters. The molecule has 1 aromatic heterocycles. The molecule has 2 aromatic rings. The van der Waals surface area contributed by atoms with Crippen LogP contribution in [0.3, 0.4) is 0 Å². The summed E-state index contributed by atoms with van der Waals surface area (Å²) in [5.74, 6) is 0.117. The van der Waals surface area contributed by atoms with E-state index in [-0.39, 0.29) is 5.91 Å². The van der Waals surface area contributed by atoms with Gasteiger partial charge >= 0.3 is 0 Å². The molecule has 126 valence electrons. The van der Waals surface area contributed by atoms with Gasteiger partial charge < -0.3 is 4.90 Å². The van der Waals surface area contributed by atoms with Gasteiger partial charge in [0, 0.05) is 36.4 Å². The number of aromatic nitrogens is 3. The van der Waals surface area contributed by atoms with Gasteiger partial charge in [-0.05, 0) is 44.5 Å². The molecule has 2 aliphatic rings. The van der Waals surface area contributed by atoms with Crippen molar-refractivity contribution < 1.29 is 4.79 Å². The molecule has 0 aliphatic carbocycles. The van der Waals surface area contributed by atoms with E-state index < -0.39 is 0 Å². The third kappa shape index (κ3) is 2.82. The number of hydrogen-bond donors (Lipinski definition) is 0. The van der Waals surface area contributed by atoms with Gasteiger partial charge in [-0.2, -0.15) is 0 Å². The number of hydrogen-bond acceptors (Lipinski definition) is 4. The first-order chi connectivity index (χ1) is 11.7. The summed E-state index contributed by atoms with van der Waals surface area (Å²) in [6.45, 7) is 5.18. The number of likely N-dealkylation sites (tertiary alicyclic amines) is 2. The molecule has 2 aliphatic heterocycles. The zero-order valence-corrected chi connectivity index (χ0v) is 14.0. The largest absolute Gasteiger partial charge is 0.335 e. The minimum Gasteiger partial charge on any atom is -0.335 e. The number of rotatable bonds is 3. The average molecular weight is 325 g/mol. The van der Waals surface area contributed by atoms with Crippen molar-refractivity contribution in [2.24, 2.45) is 0 Å². The van der Waals surface area contributed by atoms with Crippen molar-refractivity contribution in [2.75, 3.05) is 19.6 Å². The summed E-state index contributed by atoms with van der Waals surface area (Å²) in [6, 6.07) is 8.83. The van der Waals surface area contributed by atoms with Crippen LogP contribution in [0.2, 0.25) is 0 Å². The van der Waals surface area contributed by atoms with E-state index in [9.17, 15) is 4.79 Å². The van der Waals surface area contributed by atoms with Crippen molar-refractivity contribution in [3.8, 4) is 5.69 Å². The lowest BCUT2D eigenvalue weighted by Gasteiger charge is -2.49. The Morgan fingerprint density at radius 3 is 2.71 bits per heavy atom. The van der Waals surface area contributed by atoms with Crippen molar-refractivity contribution >= 4 is 5.91 Å². The molecule has 2 saturated heterocycles. The zero-order chi connectivity index (χ0) is 16.5. The fourth-order valence-electron chi connectivity index (χ4n) is 3.81. The predicted octanol–water partition coefficient (Wildman–Crippen LogP) is 1.97. The lowest BCUT2D eigenvalue weighted by atomic mass is 9.97. The van der Waals surface area contributed by atoms with Crippen LogP contribution in [0.25, 0.3) is 5.69 Å². The topological polar surface area (TPSA) is 54.3 Å². The number of amides is 1. The molecular formula is C18H23N5O. The summed E-state index contributed by atoms with van der Waals surface area (Å²) >= 11 is 0. The summed E-state index contributed by atoms with van der Waals surface area (Å²) < 4.78 is 1.81. The van der Waals surface area contributed by atoms with E-state index in [0.717, 1.165) is 24.3 Å². The highest BCUT2D eigenvalue weighted by molar-refractivity contribution is 5.95. The second-order valence-electron chi connectivity index (χ2n) is 6.87. The maximum atomic E-state index is 12.7. The Morgan fingerprint density at radius 1 is 1.17 bits per heavy atom. The van der Waals surface area contributed by atoms with Crippen LogP contribution >= 0.6 is 0 Å². The maximum absolute atomic E-state index is 12.7. The Labute approximate surface area is 142 Å². The maximum Gasteiger partial charge on any atom is 0.254 e. The number of nitrogens with zero attached hydrogens (tertiary/aromatic N) is 5. The highest BCUT2D eigenvalue weighted by Crippen LogP contribution is 2.25. The fraction of sp³-hybridized carbons (Fsp3) is 0.500. The highest BCUT2D eigenvalue weighted by atomic mass is 16.2. The van der Waals surface area contributed by atoms with Crippen LogP contribution in [0.4, 0.5) is 0 Å². The summed E-state index contributed by atoms with van der Waals surface area (Å²) in [5, 5.41) is 7.63. The average Bonchev–Trinajstić information content (AvgIpc) is 3.10. The zero-order valence-electron chi connectivity index (χ0n) is 14.0. The first kappa shape index (κ1) is 15.3. The van der Waals surface area contributed by atoms with Crippen LogP contribution in [0.1, 0.15) is 36.5 Å². The van der Waals surface area contributed by atoms with Crippen molar-refractivity contribution in [1.29, 1.82) is 0 Å². The van der Waals surface area contributed by atoms with Crippen LogP contribution in [0, 0.1) is 0 Å². The molecular weight excluding hydrogens is 302 g/mol. The van der Waals surface area contributed by atoms with E-state index in [2.05, 4.69) is 22.0 Å². The first-order valence-corrected chi connectivity index (χ1v) is 8.72. The minimum atomic E-state index is 0.117. The lowest BCUT2D eigenvalue weighted by molar-refractivity contribution is 0.00213. The van der Waals surface area contributed by atoms with Crippen LogP contribution in [-0.2, 0) is 0 Å². The van der Waals surface area contributed by atoms with E-state index >= 15 is 0 Å². The van der Waals surface area contributed by atoms with Crippen LogP contribution in [0.5, 0.6) is 0 Å². The van der Waals surface area contributed by atoms with Gasteiger partial charge in [0.2, 0.25) is 0 Å². The molecule has 2 fully saturated rings. The number of benzene rings is 1. The smallest absolute Gasteiger partial charge is 0.254 e. The van der Waals surface area contributed by atoms with Crippen LogP contribution in [0.15, 0.2) is 36.9 Å². The Bertz CT molecular complexity index is 708. The normalized spacial score (nSPS) is 22.4. The Hall–Kier alpha value is -2.21. The molecule has 1 aromatic carbocycles. The van der Waals surface area contributed by atoms with Crippen LogP contribution in [-0.4, -0.2) is 62.2 Å². The third-order valence-electron chi connectivity index (χ3n) is 5.28.